The molecule has 1 heterocycles. The summed E-state index contributed by atoms with van der Waals surface area (Å²) in [6, 6.07) is 3.26. The molecule has 0 atom stereocenters. The number of hydrogen-bond acceptors (Lipinski definition) is 4. The van der Waals surface area contributed by atoms with Crippen LogP contribution in [0.2, 0.25) is 0 Å². The number of benzene rings is 1. The maximum Gasteiger partial charge on any atom is 0.242 e. The van der Waals surface area contributed by atoms with Crippen molar-refractivity contribution >= 4 is 15.7 Å². The van der Waals surface area contributed by atoms with E-state index in [-0.39, 0.29) is 16.6 Å². The van der Waals surface area contributed by atoms with E-state index >= 15 is 0 Å². The van der Waals surface area contributed by atoms with Gasteiger partial charge in [0.25, 0.3) is 0 Å². The Hall–Kier alpha value is -1.18. The van der Waals surface area contributed by atoms with Crippen LogP contribution >= 0.6 is 0 Å². The molecule has 0 spiro atoms. The molecule has 0 aromatic heterocycles. The lowest BCUT2D eigenvalue weighted by Gasteiger charge is -2.31. The van der Waals surface area contributed by atoms with Crippen molar-refractivity contribution in [2.45, 2.75) is 37.1 Å². The molecule has 0 radical (unpaired) electrons. The van der Waals surface area contributed by atoms with Crippen LogP contribution in [0.3, 0.4) is 0 Å². The molecule has 2 rings (SSSR count). The van der Waals surface area contributed by atoms with Crippen molar-refractivity contribution in [3.05, 3.63) is 24.0 Å². The van der Waals surface area contributed by atoms with Crippen molar-refractivity contribution in [2.24, 2.45) is 0 Å². The Morgan fingerprint density at radius 3 is 2.67 bits per heavy atom. The highest BCUT2D eigenvalue weighted by molar-refractivity contribution is 7.89. The minimum atomic E-state index is -3.78. The number of hydrogen-bond donors (Lipinski definition) is 2. The number of nitrogen functional groups attached to an aromatic ring is 1. The van der Waals surface area contributed by atoms with Crippen LogP contribution in [0.1, 0.15) is 26.2 Å². The molecule has 1 aromatic rings. The Kier molecular flexibility index (Phi) is 5.18. The molecule has 1 aliphatic rings. The third-order valence-electron chi connectivity index (χ3n) is 3.71. The summed E-state index contributed by atoms with van der Waals surface area (Å²) in [5.41, 5.74) is 5.71. The van der Waals surface area contributed by atoms with Gasteiger partial charge in [-0.1, -0.05) is 6.92 Å². The standard InChI is InChI=1S/C14H22FN3O2S/c1-2-7-18-8-5-12(6-9-18)17-21(19,20)14-10-11(15)3-4-13(14)16/h3-4,10,12,17H,2,5-9,16H2,1H3. The van der Waals surface area contributed by atoms with E-state index in [2.05, 4.69) is 16.5 Å². The zero-order valence-corrected chi connectivity index (χ0v) is 13.0. The first-order chi connectivity index (χ1) is 9.92. The van der Waals surface area contributed by atoms with E-state index in [0.717, 1.165) is 51.0 Å². The summed E-state index contributed by atoms with van der Waals surface area (Å²) in [5.74, 6) is -0.609. The summed E-state index contributed by atoms with van der Waals surface area (Å²) in [7, 11) is -3.78. The summed E-state index contributed by atoms with van der Waals surface area (Å²) in [4.78, 5) is 2.14. The quantitative estimate of drug-likeness (QED) is 0.809. The van der Waals surface area contributed by atoms with Crippen LogP contribution in [0.4, 0.5) is 10.1 Å². The van der Waals surface area contributed by atoms with Gasteiger partial charge >= 0.3 is 0 Å². The molecule has 3 N–H and O–H groups in total. The molecular weight excluding hydrogens is 293 g/mol. The van der Waals surface area contributed by atoms with Crippen molar-refractivity contribution in [2.75, 3.05) is 25.4 Å². The van der Waals surface area contributed by atoms with Crippen LogP contribution in [0, 0.1) is 5.82 Å². The second kappa shape index (κ2) is 6.72. The van der Waals surface area contributed by atoms with Gasteiger partial charge in [-0.05, 0) is 57.1 Å². The van der Waals surface area contributed by atoms with Crippen LogP contribution in [-0.2, 0) is 10.0 Å². The van der Waals surface area contributed by atoms with E-state index < -0.39 is 15.8 Å². The molecule has 0 amide bonds. The molecule has 0 bridgehead atoms. The van der Waals surface area contributed by atoms with Gasteiger partial charge < -0.3 is 10.6 Å². The predicted molar refractivity (Wildman–Crippen MR) is 80.9 cm³/mol. The van der Waals surface area contributed by atoms with E-state index in [1.807, 2.05) is 0 Å². The van der Waals surface area contributed by atoms with E-state index in [1.165, 1.54) is 6.07 Å². The van der Waals surface area contributed by atoms with Crippen molar-refractivity contribution in [1.29, 1.82) is 0 Å². The zero-order chi connectivity index (χ0) is 15.5. The summed E-state index contributed by atoms with van der Waals surface area (Å²) in [6.45, 7) is 4.91. The molecule has 118 valence electrons. The third-order valence-corrected chi connectivity index (χ3v) is 5.29. The molecule has 0 aliphatic carbocycles. The molecular formula is C14H22FN3O2S. The van der Waals surface area contributed by atoms with Crippen LogP contribution in [0.5, 0.6) is 0 Å². The Balaban J connectivity index is 2.04. The van der Waals surface area contributed by atoms with Gasteiger partial charge in [-0.2, -0.15) is 0 Å². The second-order valence-electron chi connectivity index (χ2n) is 5.42. The number of rotatable bonds is 5. The van der Waals surface area contributed by atoms with Gasteiger partial charge in [-0.3, -0.25) is 0 Å². The van der Waals surface area contributed by atoms with E-state index in [9.17, 15) is 12.8 Å². The van der Waals surface area contributed by atoms with Crippen molar-refractivity contribution < 1.29 is 12.8 Å². The Bertz CT molecular complexity index is 584. The summed E-state index contributed by atoms with van der Waals surface area (Å²) in [5, 5.41) is 0. The molecule has 0 unspecified atom stereocenters. The summed E-state index contributed by atoms with van der Waals surface area (Å²) < 4.78 is 40.5. The average molecular weight is 315 g/mol. The molecule has 1 aliphatic heterocycles. The SMILES string of the molecule is CCCN1CCC(NS(=O)(=O)c2cc(F)ccc2N)CC1. The fourth-order valence-electron chi connectivity index (χ4n) is 2.61. The number of nitrogens with one attached hydrogen (secondary N) is 1. The molecule has 0 saturated carbocycles. The zero-order valence-electron chi connectivity index (χ0n) is 12.2. The lowest BCUT2D eigenvalue weighted by Crippen LogP contribution is -2.44. The number of nitrogens with two attached hydrogens (primary N) is 1. The second-order valence-corrected chi connectivity index (χ2v) is 7.10. The minimum Gasteiger partial charge on any atom is -0.398 e. The highest BCUT2D eigenvalue weighted by atomic mass is 32.2. The first-order valence-corrected chi connectivity index (χ1v) is 8.70. The van der Waals surface area contributed by atoms with Gasteiger partial charge in [0.1, 0.15) is 10.7 Å². The normalized spacial score (nSPS) is 18.0. The molecule has 7 heteroatoms. The van der Waals surface area contributed by atoms with Gasteiger partial charge in [0, 0.05) is 6.04 Å². The first-order valence-electron chi connectivity index (χ1n) is 7.22. The lowest BCUT2D eigenvalue weighted by molar-refractivity contribution is 0.208. The van der Waals surface area contributed by atoms with E-state index in [1.54, 1.807) is 0 Å². The smallest absolute Gasteiger partial charge is 0.242 e. The van der Waals surface area contributed by atoms with E-state index in [0.29, 0.717) is 0 Å². The van der Waals surface area contributed by atoms with Crippen LogP contribution in [0.25, 0.3) is 0 Å². The highest BCUT2D eigenvalue weighted by Crippen LogP contribution is 2.21. The van der Waals surface area contributed by atoms with Gasteiger partial charge in [0.2, 0.25) is 10.0 Å². The monoisotopic (exact) mass is 315 g/mol. The van der Waals surface area contributed by atoms with Crippen LogP contribution in [-0.4, -0.2) is 39.0 Å². The van der Waals surface area contributed by atoms with Gasteiger partial charge in [-0.15, -0.1) is 0 Å². The molecule has 1 fully saturated rings. The Labute approximate surface area is 125 Å². The Morgan fingerprint density at radius 2 is 2.05 bits per heavy atom. The minimum absolute atomic E-state index is 0.0623. The third kappa shape index (κ3) is 4.15. The van der Waals surface area contributed by atoms with Gasteiger partial charge in [-0.25, -0.2) is 17.5 Å². The van der Waals surface area contributed by atoms with Crippen molar-refractivity contribution in [3.63, 3.8) is 0 Å². The Morgan fingerprint density at radius 1 is 1.38 bits per heavy atom. The lowest BCUT2D eigenvalue weighted by atomic mass is 10.1. The molecule has 1 saturated heterocycles. The van der Waals surface area contributed by atoms with E-state index in [4.69, 9.17) is 5.73 Å². The fraction of sp³-hybridized carbons (Fsp3) is 0.571. The number of piperidine rings is 1. The van der Waals surface area contributed by atoms with Crippen LogP contribution < -0.4 is 10.5 Å². The number of halogens is 1. The molecule has 5 nitrogen and oxygen atoms in total. The van der Waals surface area contributed by atoms with Crippen LogP contribution in [0.15, 0.2) is 23.1 Å². The number of anilines is 1. The van der Waals surface area contributed by atoms with Crippen molar-refractivity contribution in [3.8, 4) is 0 Å². The summed E-state index contributed by atoms with van der Waals surface area (Å²) >= 11 is 0. The van der Waals surface area contributed by atoms with Gasteiger partial charge in [0.05, 0.1) is 5.69 Å². The largest absolute Gasteiger partial charge is 0.398 e. The first kappa shape index (κ1) is 16.2. The fourth-order valence-corrected chi connectivity index (χ4v) is 4.06. The topological polar surface area (TPSA) is 75.4 Å². The van der Waals surface area contributed by atoms with Crippen molar-refractivity contribution in [1.82, 2.24) is 9.62 Å². The number of sulfonamides is 1. The predicted octanol–water partition coefficient (Wildman–Crippen LogP) is 1.56. The average Bonchev–Trinajstić information content (AvgIpc) is 2.43. The van der Waals surface area contributed by atoms with Gasteiger partial charge in [0.15, 0.2) is 0 Å². The number of nitrogens with zero attached hydrogens (tertiary/aromatic N) is 1. The number of likely N-dealkylation sites (tertiary alicyclic amines) is 1. The maximum absolute atomic E-state index is 13.2. The molecule has 1 aromatic carbocycles. The molecule has 21 heavy (non-hydrogen) atoms. The summed E-state index contributed by atoms with van der Waals surface area (Å²) in [6.07, 6.45) is 2.61. The highest BCUT2D eigenvalue weighted by Gasteiger charge is 2.25. The maximum atomic E-state index is 13.2.